The number of pyridine rings is 1. The zero-order valence-corrected chi connectivity index (χ0v) is 16.7. The first kappa shape index (κ1) is 19.7. The van der Waals surface area contributed by atoms with Crippen molar-refractivity contribution in [3.05, 3.63) is 106 Å². The van der Waals surface area contributed by atoms with Gasteiger partial charge >= 0.3 is 0 Å². The van der Waals surface area contributed by atoms with Crippen molar-refractivity contribution in [2.75, 3.05) is 0 Å². The molecule has 4 aromatic rings. The van der Waals surface area contributed by atoms with Crippen molar-refractivity contribution in [1.82, 2.24) is 4.98 Å². The first-order valence-electron chi connectivity index (χ1n) is 9.87. The zero-order valence-electron chi connectivity index (χ0n) is 16.7. The lowest BCUT2D eigenvalue weighted by Gasteiger charge is -2.07. The number of terminal acetylenes is 1. The van der Waals surface area contributed by atoms with Crippen LogP contribution in [0.2, 0.25) is 0 Å². The van der Waals surface area contributed by atoms with Gasteiger partial charge in [0.25, 0.3) is 0 Å². The Bertz CT molecular complexity index is 1480. The number of fused-ring (bicyclic) bond motifs is 3. The molecule has 3 aromatic carbocycles. The Morgan fingerprint density at radius 3 is 2.66 bits per heavy atom. The summed E-state index contributed by atoms with van der Waals surface area (Å²) in [7, 11) is 0. The van der Waals surface area contributed by atoms with E-state index in [1.807, 2.05) is 6.07 Å². The van der Waals surface area contributed by atoms with Crippen LogP contribution in [0, 0.1) is 24.0 Å². The molecule has 0 saturated carbocycles. The van der Waals surface area contributed by atoms with Gasteiger partial charge in [0.05, 0.1) is 16.8 Å². The van der Waals surface area contributed by atoms with Crippen molar-refractivity contribution in [1.29, 1.82) is 0 Å². The number of carbonyl (C=O) groups is 1. The van der Waals surface area contributed by atoms with Gasteiger partial charge in [-0.05, 0) is 42.0 Å². The van der Waals surface area contributed by atoms with E-state index in [1.165, 1.54) is 0 Å². The van der Waals surface area contributed by atoms with E-state index in [9.17, 15) is 13.6 Å². The smallest absolute Gasteiger partial charge is 0.197 e. The van der Waals surface area contributed by atoms with Crippen LogP contribution < -0.4 is 4.74 Å². The van der Waals surface area contributed by atoms with E-state index < -0.39 is 11.6 Å². The Labute approximate surface area is 183 Å². The summed E-state index contributed by atoms with van der Waals surface area (Å²) in [6.07, 6.45) is 9.12. The van der Waals surface area contributed by atoms with Crippen molar-refractivity contribution in [2.24, 2.45) is 0 Å². The van der Waals surface area contributed by atoms with Crippen LogP contribution in [0.1, 0.15) is 38.3 Å². The number of hydrogen-bond donors (Lipinski definition) is 0. The molecule has 3 nitrogen and oxygen atoms in total. The summed E-state index contributed by atoms with van der Waals surface area (Å²) in [5.41, 5.74) is 4.03. The SMILES string of the molecule is C#Cc1cccc2c1COc1ccc(C=Cc3ccc4cc(F)c(F)cc4n3)cc1C2=O. The first-order chi connectivity index (χ1) is 15.5. The van der Waals surface area contributed by atoms with Crippen LogP contribution in [0.3, 0.4) is 0 Å². The molecule has 32 heavy (non-hydrogen) atoms. The molecule has 5 heteroatoms. The van der Waals surface area contributed by atoms with Gasteiger partial charge in [0.15, 0.2) is 17.4 Å². The molecule has 1 aromatic heterocycles. The van der Waals surface area contributed by atoms with E-state index in [4.69, 9.17) is 11.2 Å². The number of nitrogens with zero attached hydrogens (tertiary/aromatic N) is 1. The molecule has 0 aliphatic carbocycles. The maximum Gasteiger partial charge on any atom is 0.197 e. The fraction of sp³-hybridized carbons (Fsp3) is 0.0370. The van der Waals surface area contributed by atoms with Crippen molar-refractivity contribution in [3.8, 4) is 18.1 Å². The Balaban J connectivity index is 1.49. The van der Waals surface area contributed by atoms with E-state index in [0.29, 0.717) is 44.6 Å². The second kappa shape index (κ2) is 7.75. The molecule has 5 rings (SSSR count). The van der Waals surface area contributed by atoms with Crippen LogP contribution in [0.25, 0.3) is 23.1 Å². The topological polar surface area (TPSA) is 39.2 Å². The fourth-order valence-electron chi connectivity index (χ4n) is 3.75. The Hall–Kier alpha value is -4.30. The summed E-state index contributed by atoms with van der Waals surface area (Å²) in [5.74, 6) is 1.10. The number of halogens is 2. The third-order valence-corrected chi connectivity index (χ3v) is 5.40. The highest BCUT2D eigenvalue weighted by molar-refractivity contribution is 6.12. The van der Waals surface area contributed by atoms with Crippen molar-refractivity contribution < 1.29 is 18.3 Å². The summed E-state index contributed by atoms with van der Waals surface area (Å²) in [4.78, 5) is 17.5. The number of benzene rings is 3. The van der Waals surface area contributed by atoms with E-state index in [2.05, 4.69) is 10.9 Å². The van der Waals surface area contributed by atoms with E-state index >= 15 is 0 Å². The highest BCUT2D eigenvalue weighted by atomic mass is 19.2. The van der Waals surface area contributed by atoms with Crippen LogP contribution in [0.4, 0.5) is 8.78 Å². The van der Waals surface area contributed by atoms with Crippen LogP contribution in [-0.2, 0) is 6.61 Å². The molecule has 0 saturated heterocycles. The minimum absolute atomic E-state index is 0.152. The molecule has 1 aliphatic rings. The van der Waals surface area contributed by atoms with Gasteiger partial charge in [0.1, 0.15) is 12.4 Å². The number of aromatic nitrogens is 1. The molecule has 0 N–H and O–H groups in total. The predicted octanol–water partition coefficient (Wildman–Crippen LogP) is 5.79. The van der Waals surface area contributed by atoms with Gasteiger partial charge in [0, 0.05) is 28.1 Å². The molecule has 0 amide bonds. The second-order valence-corrected chi connectivity index (χ2v) is 7.38. The average molecular weight is 423 g/mol. The lowest BCUT2D eigenvalue weighted by molar-refractivity contribution is 0.103. The molecule has 1 aliphatic heterocycles. The van der Waals surface area contributed by atoms with Gasteiger partial charge in [-0.25, -0.2) is 13.8 Å². The molecular weight excluding hydrogens is 408 g/mol. The Kier molecular flexibility index (Phi) is 4.76. The number of ether oxygens (including phenoxy) is 1. The van der Waals surface area contributed by atoms with Crippen LogP contribution in [-0.4, -0.2) is 10.8 Å². The highest BCUT2D eigenvalue weighted by Gasteiger charge is 2.23. The molecule has 0 atom stereocenters. The van der Waals surface area contributed by atoms with E-state index in [-0.39, 0.29) is 12.4 Å². The summed E-state index contributed by atoms with van der Waals surface area (Å²) in [6, 6.07) is 16.2. The monoisotopic (exact) mass is 423 g/mol. The van der Waals surface area contributed by atoms with Gasteiger partial charge in [-0.3, -0.25) is 4.79 Å². The summed E-state index contributed by atoms with van der Waals surface area (Å²) >= 11 is 0. The third-order valence-electron chi connectivity index (χ3n) is 5.40. The standard InChI is InChI=1S/C27H15F2NO2/c1-2-17-4-3-5-20-22(17)15-32-26-11-7-16(12-21(26)27(20)31)6-9-19-10-8-18-13-23(28)24(29)14-25(18)30-19/h1,3-14H,15H2. The number of rotatable bonds is 2. The summed E-state index contributed by atoms with van der Waals surface area (Å²) in [6.45, 7) is 0.224. The molecule has 0 spiro atoms. The third kappa shape index (κ3) is 3.42. The van der Waals surface area contributed by atoms with E-state index in [0.717, 1.165) is 17.7 Å². The number of ketones is 1. The molecule has 0 fully saturated rings. The van der Waals surface area contributed by atoms with Crippen LogP contribution in [0.15, 0.2) is 60.7 Å². The summed E-state index contributed by atoms with van der Waals surface area (Å²) < 4.78 is 32.8. The van der Waals surface area contributed by atoms with Crippen LogP contribution in [0.5, 0.6) is 5.75 Å². The Morgan fingerprint density at radius 2 is 1.81 bits per heavy atom. The average Bonchev–Trinajstić information content (AvgIpc) is 2.95. The van der Waals surface area contributed by atoms with Crippen molar-refractivity contribution in [2.45, 2.75) is 6.61 Å². The predicted molar refractivity (Wildman–Crippen MR) is 119 cm³/mol. The minimum atomic E-state index is -0.941. The normalized spacial score (nSPS) is 12.7. The van der Waals surface area contributed by atoms with Gasteiger partial charge < -0.3 is 4.74 Å². The number of carbonyl (C=O) groups excluding carboxylic acids is 1. The van der Waals surface area contributed by atoms with Gasteiger partial charge in [-0.1, -0.05) is 36.3 Å². The molecule has 154 valence electrons. The maximum atomic E-state index is 13.5. The molecule has 0 bridgehead atoms. The summed E-state index contributed by atoms with van der Waals surface area (Å²) in [5, 5.41) is 0.513. The first-order valence-corrected chi connectivity index (χ1v) is 9.87. The quantitative estimate of drug-likeness (QED) is 0.383. The zero-order chi connectivity index (χ0) is 22.2. The maximum absolute atomic E-state index is 13.5. The molecule has 0 radical (unpaired) electrons. The van der Waals surface area contributed by atoms with Gasteiger partial charge in [-0.15, -0.1) is 6.42 Å². The Morgan fingerprint density at radius 1 is 0.969 bits per heavy atom. The van der Waals surface area contributed by atoms with Crippen LogP contribution >= 0.6 is 0 Å². The lowest BCUT2D eigenvalue weighted by atomic mass is 9.95. The molecule has 0 unspecified atom stereocenters. The highest BCUT2D eigenvalue weighted by Crippen LogP contribution is 2.31. The minimum Gasteiger partial charge on any atom is -0.488 e. The molecular formula is C27H15F2NO2. The number of hydrogen-bond acceptors (Lipinski definition) is 3. The van der Waals surface area contributed by atoms with E-state index in [1.54, 1.807) is 54.6 Å². The van der Waals surface area contributed by atoms with Crippen molar-refractivity contribution in [3.63, 3.8) is 0 Å². The van der Waals surface area contributed by atoms with Crippen molar-refractivity contribution >= 4 is 28.8 Å². The second-order valence-electron chi connectivity index (χ2n) is 7.38. The lowest BCUT2D eigenvalue weighted by Crippen LogP contribution is -2.04. The largest absolute Gasteiger partial charge is 0.488 e. The van der Waals surface area contributed by atoms with Gasteiger partial charge in [-0.2, -0.15) is 0 Å². The van der Waals surface area contributed by atoms with Gasteiger partial charge in [0.2, 0.25) is 0 Å². The fourth-order valence-corrected chi connectivity index (χ4v) is 3.75. The molecule has 2 heterocycles.